The summed E-state index contributed by atoms with van der Waals surface area (Å²) < 4.78 is 17.1. The Labute approximate surface area is 103 Å². The maximum absolute atomic E-state index is 13.6. The molecule has 2 aromatic heterocycles. The molecule has 5 nitrogen and oxygen atoms in total. The molecule has 0 aliphatic rings. The van der Waals surface area contributed by atoms with Gasteiger partial charge in [0.1, 0.15) is 5.52 Å². The number of anilines is 1. The van der Waals surface area contributed by atoms with Gasteiger partial charge >= 0.3 is 0 Å². The van der Waals surface area contributed by atoms with Crippen molar-refractivity contribution in [2.24, 2.45) is 7.05 Å². The molecule has 2 heterocycles. The quantitative estimate of drug-likeness (QED) is 0.745. The van der Waals surface area contributed by atoms with E-state index in [0.29, 0.717) is 23.5 Å². The number of para-hydroxylation sites is 1. The van der Waals surface area contributed by atoms with Gasteiger partial charge in [-0.05, 0) is 18.2 Å². The summed E-state index contributed by atoms with van der Waals surface area (Å²) in [5.41, 5.74) is 7.81. The number of imidazole rings is 1. The lowest BCUT2D eigenvalue weighted by Crippen LogP contribution is -2.08. The molecular weight excluding hydrogens is 233 g/mol. The van der Waals surface area contributed by atoms with Gasteiger partial charge in [0, 0.05) is 13.2 Å². The van der Waals surface area contributed by atoms with Crippen LogP contribution in [-0.4, -0.2) is 19.3 Å². The van der Waals surface area contributed by atoms with E-state index in [4.69, 9.17) is 5.73 Å². The smallest absolute Gasteiger partial charge is 0.201 e. The third-order valence-electron chi connectivity index (χ3n) is 3.00. The average molecular weight is 245 g/mol. The second-order valence-corrected chi connectivity index (χ2v) is 4.11. The Morgan fingerprint density at radius 1 is 1.33 bits per heavy atom. The van der Waals surface area contributed by atoms with Crippen molar-refractivity contribution in [3.05, 3.63) is 42.0 Å². The van der Waals surface area contributed by atoms with Crippen molar-refractivity contribution in [2.75, 3.05) is 5.73 Å². The molecule has 0 atom stereocenters. The molecule has 2 N–H and O–H groups in total. The average Bonchev–Trinajstić information content (AvgIpc) is 2.87. The Morgan fingerprint density at radius 3 is 2.89 bits per heavy atom. The van der Waals surface area contributed by atoms with Crippen LogP contribution in [0, 0.1) is 5.82 Å². The van der Waals surface area contributed by atoms with Gasteiger partial charge in [0.25, 0.3) is 0 Å². The number of nitrogen functional groups attached to an aromatic ring is 1. The zero-order chi connectivity index (χ0) is 12.7. The van der Waals surface area contributed by atoms with Gasteiger partial charge in [-0.15, -0.1) is 0 Å². The van der Waals surface area contributed by atoms with E-state index < -0.39 is 0 Å². The maximum Gasteiger partial charge on any atom is 0.201 e. The number of nitrogens with two attached hydrogens (primary N) is 1. The summed E-state index contributed by atoms with van der Waals surface area (Å²) in [5, 5.41) is 4.09. The van der Waals surface area contributed by atoms with E-state index in [0.717, 1.165) is 5.69 Å². The highest BCUT2D eigenvalue weighted by Crippen LogP contribution is 2.21. The first-order valence-corrected chi connectivity index (χ1v) is 5.54. The Hall–Kier alpha value is -2.37. The Bertz CT molecular complexity index is 712. The topological polar surface area (TPSA) is 61.7 Å². The number of benzene rings is 1. The highest BCUT2D eigenvalue weighted by Gasteiger charge is 2.12. The summed E-state index contributed by atoms with van der Waals surface area (Å²) in [7, 11) is 1.85. The van der Waals surface area contributed by atoms with Crippen LogP contribution in [0.5, 0.6) is 0 Å². The molecule has 3 aromatic rings. The SMILES string of the molecule is Cn1nccc1Cn1c(N)nc2c(F)cccc21. The monoisotopic (exact) mass is 245 g/mol. The number of hydrogen-bond acceptors (Lipinski definition) is 3. The highest BCUT2D eigenvalue weighted by atomic mass is 19.1. The minimum Gasteiger partial charge on any atom is -0.369 e. The lowest BCUT2D eigenvalue weighted by atomic mass is 10.3. The van der Waals surface area contributed by atoms with Gasteiger partial charge in [0.15, 0.2) is 5.82 Å². The van der Waals surface area contributed by atoms with Crippen LogP contribution in [-0.2, 0) is 13.6 Å². The van der Waals surface area contributed by atoms with Crippen LogP contribution in [0.1, 0.15) is 5.69 Å². The van der Waals surface area contributed by atoms with Crippen molar-refractivity contribution >= 4 is 17.0 Å². The van der Waals surface area contributed by atoms with Gasteiger partial charge in [-0.3, -0.25) is 4.68 Å². The Balaban J connectivity index is 2.15. The molecule has 6 heteroatoms. The minimum absolute atomic E-state index is 0.302. The summed E-state index contributed by atoms with van der Waals surface area (Å²) in [4.78, 5) is 4.06. The van der Waals surface area contributed by atoms with Crippen LogP contribution in [0.3, 0.4) is 0 Å². The number of nitrogens with zero attached hydrogens (tertiary/aromatic N) is 4. The third kappa shape index (κ3) is 1.54. The van der Waals surface area contributed by atoms with E-state index in [-0.39, 0.29) is 5.82 Å². The molecule has 0 bridgehead atoms. The number of aromatic nitrogens is 4. The summed E-state index contributed by atoms with van der Waals surface area (Å²) in [6.07, 6.45) is 1.71. The van der Waals surface area contributed by atoms with Crippen LogP contribution in [0.15, 0.2) is 30.5 Å². The molecule has 0 radical (unpaired) electrons. The Kier molecular flexibility index (Phi) is 2.29. The predicted molar refractivity (Wildman–Crippen MR) is 66.4 cm³/mol. The third-order valence-corrected chi connectivity index (χ3v) is 3.00. The van der Waals surface area contributed by atoms with E-state index in [9.17, 15) is 4.39 Å². The first-order chi connectivity index (χ1) is 8.66. The lowest BCUT2D eigenvalue weighted by molar-refractivity contribution is 0.637. The van der Waals surface area contributed by atoms with E-state index in [1.165, 1.54) is 6.07 Å². The summed E-state index contributed by atoms with van der Waals surface area (Å²) >= 11 is 0. The van der Waals surface area contributed by atoms with Crippen molar-refractivity contribution in [3.63, 3.8) is 0 Å². The molecular formula is C12H12FN5. The van der Waals surface area contributed by atoms with Crippen LogP contribution >= 0.6 is 0 Å². The fraction of sp³-hybridized carbons (Fsp3) is 0.167. The van der Waals surface area contributed by atoms with Gasteiger partial charge in [0.05, 0.1) is 17.8 Å². The maximum atomic E-state index is 13.6. The zero-order valence-electron chi connectivity index (χ0n) is 9.84. The molecule has 92 valence electrons. The first kappa shape index (κ1) is 10.8. The highest BCUT2D eigenvalue weighted by molar-refractivity contribution is 5.78. The van der Waals surface area contributed by atoms with Gasteiger partial charge < -0.3 is 10.3 Å². The fourth-order valence-electron chi connectivity index (χ4n) is 2.02. The van der Waals surface area contributed by atoms with E-state index in [1.54, 1.807) is 27.6 Å². The van der Waals surface area contributed by atoms with Gasteiger partial charge in [-0.2, -0.15) is 5.10 Å². The van der Waals surface area contributed by atoms with E-state index >= 15 is 0 Å². The van der Waals surface area contributed by atoms with Crippen molar-refractivity contribution in [1.29, 1.82) is 0 Å². The summed E-state index contributed by atoms with van der Waals surface area (Å²) in [5.74, 6) is -0.0562. The molecule has 0 amide bonds. The predicted octanol–water partition coefficient (Wildman–Crippen LogP) is 1.54. The lowest BCUT2D eigenvalue weighted by Gasteiger charge is -2.06. The van der Waals surface area contributed by atoms with Gasteiger partial charge in [-0.1, -0.05) is 6.07 Å². The summed E-state index contributed by atoms with van der Waals surface area (Å²) in [6, 6.07) is 6.73. The molecule has 0 saturated carbocycles. The van der Waals surface area contributed by atoms with Crippen molar-refractivity contribution in [1.82, 2.24) is 19.3 Å². The molecule has 0 aliphatic heterocycles. The molecule has 0 saturated heterocycles. The minimum atomic E-state index is -0.358. The zero-order valence-corrected chi connectivity index (χ0v) is 9.84. The van der Waals surface area contributed by atoms with Crippen LogP contribution in [0.4, 0.5) is 10.3 Å². The largest absolute Gasteiger partial charge is 0.369 e. The number of hydrogen-bond donors (Lipinski definition) is 1. The second-order valence-electron chi connectivity index (χ2n) is 4.11. The number of rotatable bonds is 2. The number of fused-ring (bicyclic) bond motifs is 1. The Morgan fingerprint density at radius 2 is 2.17 bits per heavy atom. The molecule has 0 spiro atoms. The van der Waals surface area contributed by atoms with Crippen molar-refractivity contribution in [2.45, 2.75) is 6.54 Å². The summed E-state index contributed by atoms with van der Waals surface area (Å²) in [6.45, 7) is 0.516. The normalized spacial score (nSPS) is 11.2. The molecule has 1 aromatic carbocycles. The second kappa shape index (κ2) is 3.83. The molecule has 0 aliphatic carbocycles. The van der Waals surface area contributed by atoms with Crippen molar-refractivity contribution < 1.29 is 4.39 Å². The van der Waals surface area contributed by atoms with Crippen LogP contribution in [0.2, 0.25) is 0 Å². The van der Waals surface area contributed by atoms with Crippen LogP contribution < -0.4 is 5.73 Å². The van der Waals surface area contributed by atoms with Crippen LogP contribution in [0.25, 0.3) is 11.0 Å². The van der Waals surface area contributed by atoms with E-state index in [1.807, 2.05) is 13.1 Å². The molecule has 3 rings (SSSR count). The van der Waals surface area contributed by atoms with E-state index in [2.05, 4.69) is 10.1 Å². The number of aryl methyl sites for hydroxylation is 1. The fourth-order valence-corrected chi connectivity index (χ4v) is 2.02. The number of halogens is 1. The first-order valence-electron chi connectivity index (χ1n) is 5.54. The molecule has 0 unspecified atom stereocenters. The molecule has 0 fully saturated rings. The van der Waals surface area contributed by atoms with Gasteiger partial charge in [0.2, 0.25) is 5.95 Å². The molecule has 18 heavy (non-hydrogen) atoms. The standard InChI is InChI=1S/C12H12FN5/c1-17-8(5-6-15-17)7-18-10-4-2-3-9(13)11(10)16-12(18)14/h2-6H,7H2,1H3,(H2,14,16). The van der Waals surface area contributed by atoms with Gasteiger partial charge in [-0.25, -0.2) is 9.37 Å². The van der Waals surface area contributed by atoms with Crippen molar-refractivity contribution in [3.8, 4) is 0 Å².